The predicted octanol–water partition coefficient (Wildman–Crippen LogP) is 0.629. The van der Waals surface area contributed by atoms with Gasteiger partial charge in [-0.25, -0.2) is 0 Å². The van der Waals surface area contributed by atoms with E-state index in [-0.39, 0.29) is 24.8 Å². The van der Waals surface area contributed by atoms with Crippen molar-refractivity contribution in [1.29, 1.82) is 0 Å². The quantitative estimate of drug-likeness (QED) is 0.522. The van der Waals surface area contributed by atoms with E-state index in [0.29, 0.717) is 0 Å². The Labute approximate surface area is 56.4 Å². The van der Waals surface area contributed by atoms with Gasteiger partial charge in [0, 0.05) is 17.4 Å². The van der Waals surface area contributed by atoms with Crippen molar-refractivity contribution in [3.63, 3.8) is 0 Å². The van der Waals surface area contributed by atoms with E-state index >= 15 is 0 Å². The van der Waals surface area contributed by atoms with Crippen LogP contribution >= 0.6 is 0 Å². The van der Waals surface area contributed by atoms with E-state index < -0.39 is 0 Å². The first kappa shape index (κ1) is 17.1. The zero-order valence-corrected chi connectivity index (χ0v) is 5.79. The van der Waals surface area contributed by atoms with Crippen LogP contribution in [-0.2, 0) is 49.4 Å². The molecule has 0 bridgehead atoms. The van der Waals surface area contributed by atoms with Gasteiger partial charge in [0.25, 0.3) is 0 Å². The second-order valence-electron chi connectivity index (χ2n) is 0. The number of hydrogen-bond acceptors (Lipinski definition) is 0. The summed E-state index contributed by atoms with van der Waals surface area (Å²) in [6, 6.07) is 0. The van der Waals surface area contributed by atoms with Crippen LogP contribution in [0.25, 0.3) is 0 Å². The Morgan fingerprint density at radius 1 is 1.25 bits per heavy atom. The zero-order valence-electron chi connectivity index (χ0n) is 1.21. The molecule has 0 saturated heterocycles. The Morgan fingerprint density at radius 3 is 1.25 bits per heavy atom. The van der Waals surface area contributed by atoms with Gasteiger partial charge in [-0.2, -0.15) is 0 Å². The summed E-state index contributed by atoms with van der Waals surface area (Å²) >= 11 is 4.80. The number of hydrogen-bond donors (Lipinski definition) is 0. The predicted molar refractivity (Wildman–Crippen MR) is 6.73 cm³/mol. The third-order valence-electron chi connectivity index (χ3n) is 0. The third-order valence-corrected chi connectivity index (χ3v) is 0. The maximum atomic E-state index is 3.30. The molecule has 0 spiro atoms. The molecule has 0 aliphatic heterocycles. The van der Waals surface area contributed by atoms with Gasteiger partial charge >= 0.3 is 32.0 Å². The van der Waals surface area contributed by atoms with Gasteiger partial charge in [0.1, 0.15) is 0 Å². The van der Waals surface area contributed by atoms with Crippen molar-refractivity contribution in [3.8, 4) is 0 Å². The molecule has 0 rings (SSSR count). The first-order valence-corrected chi connectivity index (χ1v) is 3.86. The van der Waals surface area contributed by atoms with E-state index in [1.165, 1.54) is 18.9 Å². The van der Waals surface area contributed by atoms with Crippen LogP contribution in [0.5, 0.6) is 0 Å². The summed E-state index contributed by atoms with van der Waals surface area (Å²) in [6.07, 6.45) is 0. The average Bonchev–Trinajstić information content (AvgIpc) is 1.00. The molecule has 0 fully saturated rings. The molecule has 3 heteroatoms. The topological polar surface area (TPSA) is 0 Å². The molecule has 0 unspecified atom stereocenters. The monoisotopic (exact) mass is 217 g/mol. The molecule has 0 radical (unpaired) electrons. The first-order chi connectivity index (χ1) is 1.00. The molecule has 27 valence electrons. The van der Waals surface area contributed by atoms with Crippen LogP contribution in [0.15, 0.2) is 0 Å². The van der Waals surface area contributed by atoms with Gasteiger partial charge in [0.15, 0.2) is 0 Å². The molecule has 0 heterocycles. The Hall–Kier alpha value is 1.79. The van der Waals surface area contributed by atoms with Gasteiger partial charge in [-0.05, 0) is 0 Å². The molecule has 4 heavy (non-hydrogen) atoms. The van der Waals surface area contributed by atoms with Crippen LogP contribution in [0.2, 0.25) is 0 Å². The van der Waals surface area contributed by atoms with E-state index in [0.717, 1.165) is 0 Å². The molecule has 0 nitrogen and oxygen atoms in total. The second kappa shape index (κ2) is 21.5. The van der Waals surface area contributed by atoms with Gasteiger partial charge in [-0.3, -0.25) is 0 Å². The SMILES string of the molecule is C.[Cr].[Fe][Nb]. The molecule has 0 atom stereocenters. The van der Waals surface area contributed by atoms with Crippen LogP contribution in [0.1, 0.15) is 7.43 Å². The fraction of sp³-hybridized carbons (Fsp3) is 1.00. The summed E-state index contributed by atoms with van der Waals surface area (Å²) in [7, 11) is 0. The summed E-state index contributed by atoms with van der Waals surface area (Å²) in [6.45, 7) is 0. The van der Waals surface area contributed by atoms with Gasteiger partial charge in [0.05, 0.1) is 0 Å². The van der Waals surface area contributed by atoms with Crippen LogP contribution in [0, 0.1) is 0 Å². The van der Waals surface area contributed by atoms with Gasteiger partial charge in [-0.15, -0.1) is 0 Å². The average molecular weight is 217 g/mol. The Morgan fingerprint density at radius 2 is 1.25 bits per heavy atom. The Balaban J connectivity index is -0.00000000500. The van der Waals surface area contributed by atoms with Crippen molar-refractivity contribution in [2.24, 2.45) is 0 Å². The van der Waals surface area contributed by atoms with E-state index in [1.54, 1.807) is 0 Å². The van der Waals surface area contributed by atoms with Crippen molar-refractivity contribution < 1.29 is 49.4 Å². The van der Waals surface area contributed by atoms with Crippen molar-refractivity contribution in [1.82, 2.24) is 0 Å². The molecule has 0 amide bonds. The first-order valence-electron chi connectivity index (χ1n) is 0.158. The maximum absolute atomic E-state index is 3.30. The molecule has 0 aromatic heterocycles. The van der Waals surface area contributed by atoms with Crippen molar-refractivity contribution in [3.05, 3.63) is 0 Å². The van der Waals surface area contributed by atoms with Gasteiger partial charge in [0.2, 0.25) is 0 Å². The summed E-state index contributed by atoms with van der Waals surface area (Å²) < 4.78 is 0. The summed E-state index contributed by atoms with van der Waals surface area (Å²) in [5.74, 6) is 0. The third kappa shape index (κ3) is 9.20. The molecule has 0 aromatic rings. The van der Waals surface area contributed by atoms with E-state index in [2.05, 4.69) is 13.1 Å². The van der Waals surface area contributed by atoms with Crippen molar-refractivity contribution >= 4 is 0 Å². The zero-order chi connectivity index (χ0) is 2.00. The van der Waals surface area contributed by atoms with Crippen LogP contribution in [0.3, 0.4) is 0 Å². The molecule has 0 aliphatic carbocycles. The summed E-state index contributed by atoms with van der Waals surface area (Å²) in [4.78, 5) is 0. The van der Waals surface area contributed by atoms with Crippen molar-refractivity contribution in [2.75, 3.05) is 0 Å². The normalized spacial score (nSPS) is 1.25. The molecule has 0 aromatic carbocycles. The van der Waals surface area contributed by atoms with Gasteiger partial charge < -0.3 is 0 Å². The van der Waals surface area contributed by atoms with E-state index in [4.69, 9.17) is 0 Å². The number of rotatable bonds is 0. The van der Waals surface area contributed by atoms with Crippen LogP contribution in [0.4, 0.5) is 0 Å². The van der Waals surface area contributed by atoms with E-state index in [1.807, 2.05) is 0 Å². The Kier molecular flexibility index (Phi) is 91.5. The summed E-state index contributed by atoms with van der Waals surface area (Å²) in [5.41, 5.74) is 0. The molecule has 0 aliphatic rings. The standard InChI is InChI=1S/CH4.Cr.Fe.Nb/h1H4;;;. The molecular weight excluding hydrogens is 213 g/mol. The van der Waals surface area contributed by atoms with E-state index in [9.17, 15) is 0 Å². The van der Waals surface area contributed by atoms with Crippen LogP contribution < -0.4 is 0 Å². The fourth-order valence-electron chi connectivity index (χ4n) is 0. The molecular formula is CH4CrFeNb. The minimum atomic E-state index is 0. The molecule has 0 N–H and O–H groups in total. The van der Waals surface area contributed by atoms with Gasteiger partial charge in [-0.1, -0.05) is 7.43 Å². The fourth-order valence-corrected chi connectivity index (χ4v) is 0. The Bertz CT molecular complexity index is 8.00. The minimum absolute atomic E-state index is 0. The second-order valence-corrected chi connectivity index (χ2v) is 0. The summed E-state index contributed by atoms with van der Waals surface area (Å²) in [5, 5.41) is 0. The van der Waals surface area contributed by atoms with Crippen LogP contribution in [-0.4, -0.2) is 0 Å². The van der Waals surface area contributed by atoms with Crippen molar-refractivity contribution in [2.45, 2.75) is 7.43 Å². The molecule has 0 saturated carbocycles.